The van der Waals surface area contributed by atoms with Crippen LogP contribution in [0.4, 0.5) is 0 Å². The van der Waals surface area contributed by atoms with E-state index in [-0.39, 0.29) is 0 Å². The summed E-state index contributed by atoms with van der Waals surface area (Å²) in [4.78, 5) is 10.3. The number of para-hydroxylation sites is 2. The van der Waals surface area contributed by atoms with Crippen LogP contribution in [-0.4, -0.2) is 14.4 Å². The number of thiophene rings is 1. The van der Waals surface area contributed by atoms with Crippen molar-refractivity contribution in [2.24, 2.45) is 0 Å². The van der Waals surface area contributed by atoms with Gasteiger partial charge in [-0.15, -0.1) is 11.3 Å². The number of fused-ring (bicyclic) bond motifs is 13. The summed E-state index contributed by atoms with van der Waals surface area (Å²) in [6.45, 7) is 0. The molecule has 0 N–H and O–H groups in total. The molecule has 0 aliphatic rings. The molecule has 9 rings (SSSR count). The van der Waals surface area contributed by atoms with Crippen molar-refractivity contribution in [2.45, 2.75) is 0 Å². The van der Waals surface area contributed by atoms with E-state index in [4.69, 9.17) is 9.97 Å². The fraction of sp³-hybridized carbons (Fsp3) is 0. The smallest absolute Gasteiger partial charge is 0.165 e. The van der Waals surface area contributed by atoms with Crippen LogP contribution in [0.1, 0.15) is 0 Å². The average molecular weight is 450 g/mol. The molecule has 0 spiro atoms. The summed E-state index contributed by atoms with van der Waals surface area (Å²) in [6, 6.07) is 32.5. The molecule has 9 aromatic rings. The normalized spacial score (nSPS) is 12.7. The van der Waals surface area contributed by atoms with Gasteiger partial charge in [0.05, 0.1) is 22.1 Å². The van der Waals surface area contributed by atoms with E-state index in [0.29, 0.717) is 0 Å². The van der Waals surface area contributed by atoms with Crippen molar-refractivity contribution in [3.63, 3.8) is 0 Å². The van der Waals surface area contributed by atoms with Crippen molar-refractivity contribution < 1.29 is 0 Å². The molecule has 4 heterocycles. The van der Waals surface area contributed by atoms with Gasteiger partial charge in [-0.3, -0.25) is 4.40 Å². The van der Waals surface area contributed by atoms with Crippen LogP contribution < -0.4 is 0 Å². The first-order valence-electron chi connectivity index (χ1n) is 11.4. The summed E-state index contributed by atoms with van der Waals surface area (Å²) in [7, 11) is 0. The largest absolute Gasteiger partial charge is 0.291 e. The van der Waals surface area contributed by atoms with Gasteiger partial charge in [-0.05, 0) is 47.2 Å². The molecule has 0 saturated carbocycles. The Morgan fingerprint density at radius 2 is 1.35 bits per heavy atom. The van der Waals surface area contributed by atoms with Crippen LogP contribution in [-0.2, 0) is 0 Å². The lowest BCUT2D eigenvalue weighted by molar-refractivity contribution is 1.28. The molecule has 0 radical (unpaired) electrons. The minimum atomic E-state index is 0.926. The highest BCUT2D eigenvalue weighted by Gasteiger charge is 2.24. The Hall–Kier alpha value is -4.28. The fourth-order valence-corrected chi connectivity index (χ4v) is 7.03. The highest BCUT2D eigenvalue weighted by atomic mass is 32.1. The van der Waals surface area contributed by atoms with E-state index in [2.05, 4.69) is 83.3 Å². The number of hydrogen-bond acceptors (Lipinski definition) is 3. The molecule has 3 nitrogen and oxygen atoms in total. The molecule has 0 unspecified atom stereocenters. The Kier molecular flexibility index (Phi) is 2.94. The predicted molar refractivity (Wildman–Crippen MR) is 145 cm³/mol. The number of rotatable bonds is 0. The van der Waals surface area contributed by atoms with Crippen LogP contribution in [0.15, 0.2) is 91.0 Å². The molecule has 34 heavy (non-hydrogen) atoms. The quantitative estimate of drug-likeness (QED) is 0.233. The monoisotopic (exact) mass is 449 g/mol. The van der Waals surface area contributed by atoms with Crippen molar-refractivity contribution in [1.82, 2.24) is 14.4 Å². The Morgan fingerprint density at radius 1 is 0.588 bits per heavy atom. The second-order valence-corrected chi connectivity index (χ2v) is 10.1. The molecule has 4 heteroatoms. The molecular weight excluding hydrogens is 434 g/mol. The molecule has 0 atom stereocenters. The SMILES string of the molecule is c1ccc2c(c1)cc1c3c4c(ccc3n3c5nc6ccccc6nc5c2c13)sc1ccccc14. The van der Waals surface area contributed by atoms with Crippen LogP contribution in [0.25, 0.3) is 80.3 Å². The maximum atomic E-state index is 5.16. The Balaban J connectivity index is 1.68. The van der Waals surface area contributed by atoms with Crippen molar-refractivity contribution in [3.05, 3.63) is 91.0 Å². The summed E-state index contributed by atoms with van der Waals surface area (Å²) >= 11 is 1.87. The third kappa shape index (κ3) is 1.91. The van der Waals surface area contributed by atoms with Crippen molar-refractivity contribution in [2.75, 3.05) is 0 Å². The van der Waals surface area contributed by atoms with Gasteiger partial charge >= 0.3 is 0 Å². The molecule has 156 valence electrons. The fourth-order valence-electron chi connectivity index (χ4n) is 5.92. The van der Waals surface area contributed by atoms with Crippen molar-refractivity contribution in [3.8, 4) is 0 Å². The maximum Gasteiger partial charge on any atom is 0.165 e. The topological polar surface area (TPSA) is 30.2 Å². The number of benzene rings is 5. The van der Waals surface area contributed by atoms with Crippen LogP contribution in [0.3, 0.4) is 0 Å². The third-order valence-corrected chi connectivity index (χ3v) is 8.41. The molecular formula is C30H15N3S. The lowest BCUT2D eigenvalue weighted by Gasteiger charge is -2.03. The highest BCUT2D eigenvalue weighted by molar-refractivity contribution is 7.26. The zero-order valence-corrected chi connectivity index (χ0v) is 18.7. The molecule has 0 bridgehead atoms. The minimum Gasteiger partial charge on any atom is -0.291 e. The van der Waals surface area contributed by atoms with Gasteiger partial charge in [0.1, 0.15) is 5.52 Å². The first kappa shape index (κ1) is 17.2. The van der Waals surface area contributed by atoms with Crippen LogP contribution in [0.2, 0.25) is 0 Å². The Bertz CT molecular complexity index is 2290. The van der Waals surface area contributed by atoms with E-state index in [9.17, 15) is 0 Å². The summed E-state index contributed by atoms with van der Waals surface area (Å²) in [5.41, 5.74) is 6.20. The van der Waals surface area contributed by atoms with E-state index in [1.165, 1.54) is 58.1 Å². The van der Waals surface area contributed by atoms with Crippen LogP contribution in [0.5, 0.6) is 0 Å². The lowest BCUT2D eigenvalue weighted by Crippen LogP contribution is -1.89. The zero-order valence-electron chi connectivity index (χ0n) is 17.9. The summed E-state index contributed by atoms with van der Waals surface area (Å²) in [6.07, 6.45) is 0. The minimum absolute atomic E-state index is 0.926. The van der Waals surface area contributed by atoms with E-state index in [0.717, 1.165) is 22.2 Å². The maximum absolute atomic E-state index is 5.16. The number of hydrogen-bond donors (Lipinski definition) is 0. The first-order chi connectivity index (χ1) is 16.9. The molecule has 5 aromatic carbocycles. The van der Waals surface area contributed by atoms with E-state index < -0.39 is 0 Å². The molecule has 0 aliphatic carbocycles. The Morgan fingerprint density at radius 3 is 2.26 bits per heavy atom. The summed E-state index contributed by atoms with van der Waals surface area (Å²) in [5.74, 6) is 0. The highest BCUT2D eigenvalue weighted by Crippen LogP contribution is 2.47. The molecule has 0 amide bonds. The van der Waals surface area contributed by atoms with Gasteiger partial charge < -0.3 is 0 Å². The standard InChI is InChI=1S/C30H15N3S/c1-2-8-17-16(7-1)15-19-25-22(13-14-24-26(25)18-9-3-6-12-23(18)34-24)33-29(19)27(17)28-30(33)32-21-11-5-4-10-20(21)31-28/h1-15H. The molecule has 0 aliphatic heterocycles. The van der Waals surface area contributed by atoms with E-state index >= 15 is 0 Å². The summed E-state index contributed by atoms with van der Waals surface area (Å²) < 4.78 is 5.01. The number of nitrogens with zero attached hydrogens (tertiary/aromatic N) is 3. The van der Waals surface area contributed by atoms with Gasteiger partial charge in [0.25, 0.3) is 0 Å². The van der Waals surface area contributed by atoms with Crippen molar-refractivity contribution in [1.29, 1.82) is 0 Å². The van der Waals surface area contributed by atoms with Gasteiger partial charge in [-0.2, -0.15) is 0 Å². The second-order valence-electron chi connectivity index (χ2n) is 9.02. The second kappa shape index (κ2) is 5.79. The zero-order chi connectivity index (χ0) is 22.0. The lowest BCUT2D eigenvalue weighted by atomic mass is 10.00. The molecule has 4 aromatic heterocycles. The van der Waals surface area contributed by atoms with Gasteiger partial charge in [-0.1, -0.05) is 54.6 Å². The van der Waals surface area contributed by atoms with Crippen LogP contribution >= 0.6 is 11.3 Å². The Labute approximate surface area is 196 Å². The number of aromatic nitrogens is 3. The predicted octanol–water partition coefficient (Wildman–Crippen LogP) is 8.30. The average Bonchev–Trinajstić information content (AvgIpc) is 3.52. The van der Waals surface area contributed by atoms with Gasteiger partial charge in [0, 0.05) is 36.3 Å². The van der Waals surface area contributed by atoms with Crippen LogP contribution in [0, 0.1) is 0 Å². The summed E-state index contributed by atoms with van der Waals surface area (Å²) in [5, 5.41) is 8.94. The van der Waals surface area contributed by atoms with Gasteiger partial charge in [0.15, 0.2) is 5.65 Å². The molecule has 0 fully saturated rings. The van der Waals surface area contributed by atoms with Gasteiger partial charge in [-0.25, -0.2) is 9.97 Å². The van der Waals surface area contributed by atoms with Gasteiger partial charge in [0.2, 0.25) is 0 Å². The van der Waals surface area contributed by atoms with E-state index in [1.54, 1.807) is 0 Å². The van der Waals surface area contributed by atoms with E-state index in [1.807, 2.05) is 23.5 Å². The first-order valence-corrected chi connectivity index (χ1v) is 12.3. The third-order valence-electron chi connectivity index (χ3n) is 7.28. The van der Waals surface area contributed by atoms with Crippen molar-refractivity contribution >= 4 is 91.7 Å². The molecule has 0 saturated heterocycles.